The van der Waals surface area contributed by atoms with Crippen molar-refractivity contribution < 1.29 is 12.8 Å². The first-order chi connectivity index (χ1) is 10.0. The third-order valence-electron chi connectivity index (χ3n) is 3.01. The minimum absolute atomic E-state index is 0.0969. The normalized spacial score (nSPS) is 13.6. The molecule has 0 fully saturated rings. The standard InChI is InChI=1S/C12H14N4O3S2/c1-8(9-4-3-6-19-9)15-21(17,18)11-10(13-2)14-12-16(11)5-7-20-12/h3-8,13,15H,1-2H3. The molecule has 0 aliphatic rings. The molecular weight excluding hydrogens is 312 g/mol. The Morgan fingerprint density at radius 2 is 2.29 bits per heavy atom. The van der Waals surface area contributed by atoms with Crippen molar-refractivity contribution >= 4 is 32.1 Å². The smallest absolute Gasteiger partial charge is 0.261 e. The summed E-state index contributed by atoms with van der Waals surface area (Å²) in [5.74, 6) is 0.872. The van der Waals surface area contributed by atoms with Crippen molar-refractivity contribution in [1.29, 1.82) is 0 Å². The summed E-state index contributed by atoms with van der Waals surface area (Å²) in [5, 5.41) is 4.70. The Balaban J connectivity index is 2.02. The number of imidazole rings is 1. The van der Waals surface area contributed by atoms with Crippen molar-refractivity contribution in [2.45, 2.75) is 18.0 Å². The maximum Gasteiger partial charge on any atom is 0.261 e. The average Bonchev–Trinajstić information content (AvgIpc) is 3.13. The number of aromatic nitrogens is 2. The Bertz CT molecular complexity index is 848. The van der Waals surface area contributed by atoms with Crippen LogP contribution in [0.2, 0.25) is 0 Å². The van der Waals surface area contributed by atoms with E-state index in [-0.39, 0.29) is 5.03 Å². The van der Waals surface area contributed by atoms with E-state index in [0.29, 0.717) is 16.5 Å². The highest BCUT2D eigenvalue weighted by Gasteiger charge is 2.28. The Morgan fingerprint density at radius 3 is 2.95 bits per heavy atom. The third-order valence-corrected chi connectivity index (χ3v) is 5.33. The number of nitrogens with one attached hydrogen (secondary N) is 2. The number of thiazole rings is 1. The van der Waals surface area contributed by atoms with E-state index in [0.717, 1.165) is 0 Å². The van der Waals surface area contributed by atoms with E-state index >= 15 is 0 Å². The first-order valence-electron chi connectivity index (χ1n) is 6.22. The molecule has 3 heterocycles. The molecule has 1 unspecified atom stereocenters. The van der Waals surface area contributed by atoms with E-state index in [4.69, 9.17) is 4.42 Å². The van der Waals surface area contributed by atoms with Crippen LogP contribution in [0.4, 0.5) is 5.82 Å². The van der Waals surface area contributed by atoms with Crippen molar-refractivity contribution in [2.24, 2.45) is 0 Å². The van der Waals surface area contributed by atoms with Crippen LogP contribution < -0.4 is 10.0 Å². The molecule has 0 bridgehead atoms. The zero-order valence-corrected chi connectivity index (χ0v) is 13.0. The van der Waals surface area contributed by atoms with Crippen LogP contribution >= 0.6 is 11.3 Å². The predicted molar refractivity (Wildman–Crippen MR) is 80.1 cm³/mol. The summed E-state index contributed by atoms with van der Waals surface area (Å²) in [5.41, 5.74) is 0. The lowest BCUT2D eigenvalue weighted by Gasteiger charge is -2.12. The molecule has 0 saturated carbocycles. The van der Waals surface area contributed by atoms with Crippen molar-refractivity contribution in [3.8, 4) is 0 Å². The Labute approximate surface area is 125 Å². The number of fused-ring (bicyclic) bond motifs is 1. The van der Waals surface area contributed by atoms with Gasteiger partial charge in [0.05, 0.1) is 12.3 Å². The van der Waals surface area contributed by atoms with E-state index in [1.807, 2.05) is 0 Å². The monoisotopic (exact) mass is 326 g/mol. The summed E-state index contributed by atoms with van der Waals surface area (Å²) in [7, 11) is -2.11. The van der Waals surface area contributed by atoms with Crippen LogP contribution in [0, 0.1) is 0 Å². The fourth-order valence-corrected chi connectivity index (χ4v) is 4.34. The lowest BCUT2D eigenvalue weighted by molar-refractivity contribution is 0.459. The summed E-state index contributed by atoms with van der Waals surface area (Å²) < 4.78 is 34.7. The van der Waals surface area contributed by atoms with E-state index in [1.165, 1.54) is 17.6 Å². The van der Waals surface area contributed by atoms with Crippen molar-refractivity contribution in [1.82, 2.24) is 14.1 Å². The van der Waals surface area contributed by atoms with Crippen LogP contribution in [0.25, 0.3) is 4.96 Å². The predicted octanol–water partition coefficient (Wildman–Crippen LogP) is 2.07. The van der Waals surface area contributed by atoms with Crippen LogP contribution in [0.1, 0.15) is 18.7 Å². The fraction of sp³-hybridized carbons (Fsp3) is 0.250. The summed E-state index contributed by atoms with van der Waals surface area (Å²) >= 11 is 1.37. The van der Waals surface area contributed by atoms with Crippen LogP contribution in [-0.4, -0.2) is 24.9 Å². The summed E-state index contributed by atoms with van der Waals surface area (Å²) in [6, 6.07) is 2.97. The van der Waals surface area contributed by atoms with Crippen molar-refractivity contribution in [2.75, 3.05) is 12.4 Å². The van der Waals surface area contributed by atoms with Crippen LogP contribution in [0.15, 0.2) is 39.4 Å². The molecule has 0 amide bonds. The first kappa shape index (κ1) is 14.1. The second kappa shape index (κ2) is 5.17. The molecule has 21 heavy (non-hydrogen) atoms. The van der Waals surface area contributed by atoms with Gasteiger partial charge in [0.2, 0.25) is 0 Å². The Hall–Kier alpha value is -1.84. The van der Waals surface area contributed by atoms with Gasteiger partial charge in [0, 0.05) is 18.6 Å². The highest BCUT2D eigenvalue weighted by atomic mass is 32.2. The van der Waals surface area contributed by atoms with Gasteiger partial charge in [-0.25, -0.2) is 13.4 Å². The molecular formula is C12H14N4O3S2. The number of nitrogens with zero attached hydrogens (tertiary/aromatic N) is 2. The van der Waals surface area contributed by atoms with Gasteiger partial charge in [-0.05, 0) is 19.1 Å². The molecule has 0 saturated heterocycles. The highest BCUT2D eigenvalue weighted by molar-refractivity contribution is 7.89. The highest BCUT2D eigenvalue weighted by Crippen LogP contribution is 2.26. The van der Waals surface area contributed by atoms with Gasteiger partial charge in [0.1, 0.15) is 5.76 Å². The zero-order valence-electron chi connectivity index (χ0n) is 11.4. The number of rotatable bonds is 5. The number of furan rings is 1. The summed E-state index contributed by atoms with van der Waals surface area (Å²) in [6.45, 7) is 1.72. The van der Waals surface area contributed by atoms with E-state index < -0.39 is 16.1 Å². The summed E-state index contributed by atoms with van der Waals surface area (Å²) in [6.07, 6.45) is 3.19. The summed E-state index contributed by atoms with van der Waals surface area (Å²) in [4.78, 5) is 4.87. The van der Waals surface area contributed by atoms with Gasteiger partial charge < -0.3 is 9.73 Å². The largest absolute Gasteiger partial charge is 0.468 e. The molecule has 9 heteroatoms. The van der Waals surface area contributed by atoms with Crippen molar-refractivity contribution in [3.05, 3.63) is 35.7 Å². The molecule has 0 radical (unpaired) electrons. The van der Waals surface area contributed by atoms with Crippen LogP contribution in [0.3, 0.4) is 0 Å². The zero-order chi connectivity index (χ0) is 15.0. The Kier molecular flexibility index (Phi) is 3.47. The molecule has 2 N–H and O–H groups in total. The van der Waals surface area contributed by atoms with E-state index in [9.17, 15) is 8.42 Å². The van der Waals surface area contributed by atoms with Gasteiger partial charge in [-0.1, -0.05) is 0 Å². The first-order valence-corrected chi connectivity index (χ1v) is 8.58. The quantitative estimate of drug-likeness (QED) is 0.749. The van der Waals surface area contributed by atoms with Gasteiger partial charge in [0.15, 0.2) is 15.8 Å². The number of hydrogen-bond acceptors (Lipinski definition) is 6. The molecule has 3 rings (SSSR count). The minimum atomic E-state index is -3.75. The van der Waals surface area contributed by atoms with Gasteiger partial charge in [-0.3, -0.25) is 4.40 Å². The van der Waals surface area contributed by atoms with Gasteiger partial charge in [0.25, 0.3) is 10.0 Å². The van der Waals surface area contributed by atoms with E-state index in [2.05, 4.69) is 15.0 Å². The molecule has 3 aromatic rings. The lowest BCUT2D eigenvalue weighted by Crippen LogP contribution is -2.28. The second-order valence-corrected chi connectivity index (χ2v) is 6.93. The van der Waals surface area contributed by atoms with E-state index in [1.54, 1.807) is 42.1 Å². The maximum atomic E-state index is 12.6. The molecule has 112 valence electrons. The van der Waals surface area contributed by atoms with Crippen LogP contribution in [-0.2, 0) is 10.0 Å². The molecule has 0 aliphatic carbocycles. The topological polar surface area (TPSA) is 88.6 Å². The number of hydrogen-bond donors (Lipinski definition) is 2. The maximum absolute atomic E-state index is 12.6. The van der Waals surface area contributed by atoms with Gasteiger partial charge in [-0.15, -0.1) is 11.3 Å². The molecule has 1 atom stereocenters. The average molecular weight is 326 g/mol. The molecule has 3 aromatic heterocycles. The minimum Gasteiger partial charge on any atom is -0.468 e. The lowest BCUT2D eigenvalue weighted by atomic mass is 10.3. The van der Waals surface area contributed by atoms with Crippen molar-refractivity contribution in [3.63, 3.8) is 0 Å². The SMILES string of the molecule is CNc1nc2sccn2c1S(=O)(=O)NC(C)c1ccco1. The van der Waals surface area contributed by atoms with Crippen LogP contribution in [0.5, 0.6) is 0 Å². The fourth-order valence-electron chi connectivity index (χ4n) is 2.07. The number of anilines is 1. The Morgan fingerprint density at radius 1 is 1.48 bits per heavy atom. The van der Waals surface area contributed by atoms with Gasteiger partial charge in [-0.2, -0.15) is 4.72 Å². The molecule has 7 nitrogen and oxygen atoms in total. The number of sulfonamides is 1. The molecule has 0 aromatic carbocycles. The molecule has 0 spiro atoms. The van der Waals surface area contributed by atoms with Gasteiger partial charge >= 0.3 is 0 Å². The third kappa shape index (κ3) is 2.43. The molecule has 0 aliphatic heterocycles. The second-order valence-electron chi connectivity index (χ2n) is 4.43.